The number of nitrogens with zero attached hydrogens (tertiary/aromatic N) is 2. The molecule has 2 rings (SSSR count). The molecule has 0 aromatic carbocycles. The van der Waals surface area contributed by atoms with Crippen LogP contribution >= 0.6 is 0 Å². The van der Waals surface area contributed by atoms with Crippen molar-refractivity contribution in [3.05, 3.63) is 29.7 Å². The normalized spacial score (nSPS) is 10.6. The van der Waals surface area contributed by atoms with Crippen LogP contribution in [-0.4, -0.2) is 27.6 Å². The van der Waals surface area contributed by atoms with Gasteiger partial charge in [0.15, 0.2) is 0 Å². The summed E-state index contributed by atoms with van der Waals surface area (Å²) >= 11 is 0. The summed E-state index contributed by atoms with van der Waals surface area (Å²) < 4.78 is 6.93. The van der Waals surface area contributed by atoms with Crippen LogP contribution in [0.15, 0.2) is 18.3 Å². The van der Waals surface area contributed by atoms with Crippen LogP contribution in [0.1, 0.15) is 11.4 Å². The van der Waals surface area contributed by atoms with Crippen molar-refractivity contribution in [2.45, 2.75) is 13.3 Å². The lowest BCUT2D eigenvalue weighted by Crippen LogP contribution is -2.02. The highest BCUT2D eigenvalue weighted by molar-refractivity contribution is 5.70. The standard InChI is InChI=1S/C11H12N2O3/c1-7-9(5-11(14)15)12-10-4-3-8(16-2)6-13(7)10/h3-4,6H,5H2,1-2H3,(H,14,15). The molecule has 0 saturated carbocycles. The van der Waals surface area contributed by atoms with Crippen molar-refractivity contribution >= 4 is 11.6 Å². The minimum absolute atomic E-state index is 0.0597. The third-order valence-corrected chi connectivity index (χ3v) is 2.48. The maximum absolute atomic E-state index is 10.6. The molecule has 0 spiro atoms. The quantitative estimate of drug-likeness (QED) is 0.846. The SMILES string of the molecule is COc1ccc2nc(CC(=O)O)c(C)n2c1. The van der Waals surface area contributed by atoms with Gasteiger partial charge in [0.25, 0.3) is 0 Å². The summed E-state index contributed by atoms with van der Waals surface area (Å²) in [6.07, 6.45) is 1.73. The second-order valence-electron chi connectivity index (χ2n) is 3.51. The number of methoxy groups -OCH3 is 1. The summed E-state index contributed by atoms with van der Waals surface area (Å²) in [5, 5.41) is 8.74. The molecule has 0 saturated heterocycles. The van der Waals surface area contributed by atoms with Crippen molar-refractivity contribution in [1.29, 1.82) is 0 Å². The first kappa shape index (κ1) is 10.5. The first-order chi connectivity index (χ1) is 7.61. The molecule has 0 bridgehead atoms. The lowest BCUT2D eigenvalue weighted by molar-refractivity contribution is -0.136. The van der Waals surface area contributed by atoms with Crippen molar-refractivity contribution < 1.29 is 14.6 Å². The molecule has 0 radical (unpaired) electrons. The number of ether oxygens (including phenoxy) is 1. The van der Waals surface area contributed by atoms with E-state index in [1.807, 2.05) is 11.3 Å². The number of aromatic nitrogens is 2. The molecule has 0 atom stereocenters. The van der Waals surface area contributed by atoms with Gasteiger partial charge in [0.05, 0.1) is 25.4 Å². The van der Waals surface area contributed by atoms with Crippen LogP contribution in [0.3, 0.4) is 0 Å². The van der Waals surface area contributed by atoms with E-state index >= 15 is 0 Å². The summed E-state index contributed by atoms with van der Waals surface area (Å²) in [4.78, 5) is 14.9. The van der Waals surface area contributed by atoms with Gasteiger partial charge in [-0.2, -0.15) is 0 Å². The smallest absolute Gasteiger partial charge is 0.309 e. The van der Waals surface area contributed by atoms with Crippen LogP contribution < -0.4 is 4.74 Å². The molecule has 0 aliphatic carbocycles. The maximum Gasteiger partial charge on any atom is 0.309 e. The van der Waals surface area contributed by atoms with E-state index in [-0.39, 0.29) is 6.42 Å². The molecular formula is C11H12N2O3. The van der Waals surface area contributed by atoms with Crippen molar-refractivity contribution in [2.24, 2.45) is 0 Å². The average molecular weight is 220 g/mol. The summed E-state index contributed by atoms with van der Waals surface area (Å²) in [5.41, 5.74) is 2.15. The number of carboxylic acids is 1. The zero-order valence-electron chi connectivity index (χ0n) is 9.10. The van der Waals surface area contributed by atoms with Crippen LogP contribution in [-0.2, 0) is 11.2 Å². The monoisotopic (exact) mass is 220 g/mol. The zero-order valence-corrected chi connectivity index (χ0v) is 9.10. The topological polar surface area (TPSA) is 63.8 Å². The number of hydrogen-bond acceptors (Lipinski definition) is 3. The Kier molecular flexibility index (Phi) is 2.52. The van der Waals surface area contributed by atoms with E-state index < -0.39 is 5.97 Å². The number of rotatable bonds is 3. The Morgan fingerprint density at radius 1 is 1.56 bits per heavy atom. The summed E-state index contributed by atoms with van der Waals surface area (Å²) in [6.45, 7) is 1.84. The number of carboxylic acid groups (broad SMARTS) is 1. The first-order valence-electron chi connectivity index (χ1n) is 4.85. The Hall–Kier alpha value is -2.04. The van der Waals surface area contributed by atoms with Crippen LogP contribution in [0.4, 0.5) is 0 Å². The van der Waals surface area contributed by atoms with E-state index in [0.717, 1.165) is 17.1 Å². The molecule has 0 amide bonds. The van der Waals surface area contributed by atoms with Crippen LogP contribution in [0.2, 0.25) is 0 Å². The molecule has 16 heavy (non-hydrogen) atoms. The van der Waals surface area contributed by atoms with E-state index in [0.29, 0.717) is 5.69 Å². The van der Waals surface area contributed by atoms with E-state index in [4.69, 9.17) is 9.84 Å². The minimum Gasteiger partial charge on any atom is -0.495 e. The van der Waals surface area contributed by atoms with Gasteiger partial charge in [-0.25, -0.2) is 4.98 Å². The molecule has 2 aromatic heterocycles. The molecule has 1 N–H and O–H groups in total. The van der Waals surface area contributed by atoms with Crippen LogP contribution in [0.25, 0.3) is 5.65 Å². The van der Waals surface area contributed by atoms with E-state index in [9.17, 15) is 4.79 Å². The lowest BCUT2D eigenvalue weighted by Gasteiger charge is -2.01. The number of imidazole rings is 1. The van der Waals surface area contributed by atoms with Crippen LogP contribution in [0, 0.1) is 6.92 Å². The zero-order chi connectivity index (χ0) is 11.7. The second kappa shape index (κ2) is 3.84. The summed E-state index contributed by atoms with van der Waals surface area (Å²) in [5.74, 6) is -0.159. The third kappa shape index (κ3) is 1.71. The average Bonchev–Trinajstić information content (AvgIpc) is 2.55. The highest BCUT2D eigenvalue weighted by Crippen LogP contribution is 2.17. The molecule has 0 fully saturated rings. The van der Waals surface area contributed by atoms with Gasteiger partial charge < -0.3 is 14.2 Å². The molecule has 0 aliphatic rings. The van der Waals surface area contributed by atoms with Gasteiger partial charge in [-0.3, -0.25) is 4.79 Å². The Labute approximate surface area is 92.3 Å². The first-order valence-corrected chi connectivity index (χ1v) is 4.85. The highest BCUT2D eigenvalue weighted by Gasteiger charge is 2.11. The Morgan fingerprint density at radius 3 is 2.94 bits per heavy atom. The van der Waals surface area contributed by atoms with Crippen molar-refractivity contribution in [3.8, 4) is 5.75 Å². The highest BCUT2D eigenvalue weighted by atomic mass is 16.5. The molecule has 5 nitrogen and oxygen atoms in total. The maximum atomic E-state index is 10.6. The number of carbonyl (C=O) groups is 1. The van der Waals surface area contributed by atoms with Gasteiger partial charge >= 0.3 is 5.97 Å². The third-order valence-electron chi connectivity index (χ3n) is 2.48. The second-order valence-corrected chi connectivity index (χ2v) is 3.51. The minimum atomic E-state index is -0.876. The molecule has 0 aliphatic heterocycles. The van der Waals surface area contributed by atoms with Gasteiger partial charge in [0.2, 0.25) is 0 Å². The predicted molar refractivity (Wildman–Crippen MR) is 57.8 cm³/mol. The summed E-state index contributed by atoms with van der Waals surface area (Å²) in [6, 6.07) is 3.60. The van der Waals surface area contributed by atoms with Gasteiger partial charge in [-0.1, -0.05) is 0 Å². The van der Waals surface area contributed by atoms with Gasteiger partial charge in [0, 0.05) is 5.69 Å². The molecule has 2 aromatic rings. The van der Waals surface area contributed by atoms with E-state index in [2.05, 4.69) is 4.98 Å². The van der Waals surface area contributed by atoms with Gasteiger partial charge in [-0.05, 0) is 19.1 Å². The lowest BCUT2D eigenvalue weighted by atomic mass is 10.2. The fourth-order valence-corrected chi connectivity index (χ4v) is 1.62. The molecule has 2 heterocycles. The van der Waals surface area contributed by atoms with Gasteiger partial charge in [0.1, 0.15) is 11.4 Å². The summed E-state index contributed by atoms with van der Waals surface area (Å²) in [7, 11) is 1.59. The largest absolute Gasteiger partial charge is 0.495 e. The van der Waals surface area contributed by atoms with Crippen molar-refractivity contribution in [2.75, 3.05) is 7.11 Å². The number of fused-ring (bicyclic) bond motifs is 1. The van der Waals surface area contributed by atoms with E-state index in [1.165, 1.54) is 0 Å². The number of aryl methyl sites for hydroxylation is 1. The molecular weight excluding hydrogens is 208 g/mol. The number of hydrogen-bond donors (Lipinski definition) is 1. The predicted octanol–water partition coefficient (Wildman–Crippen LogP) is 1.28. The molecule has 0 unspecified atom stereocenters. The Morgan fingerprint density at radius 2 is 2.31 bits per heavy atom. The Bertz CT molecular complexity index is 545. The fourth-order valence-electron chi connectivity index (χ4n) is 1.62. The van der Waals surface area contributed by atoms with Crippen molar-refractivity contribution in [3.63, 3.8) is 0 Å². The fraction of sp³-hybridized carbons (Fsp3) is 0.273. The number of pyridine rings is 1. The van der Waals surface area contributed by atoms with Gasteiger partial charge in [-0.15, -0.1) is 0 Å². The van der Waals surface area contributed by atoms with Crippen molar-refractivity contribution in [1.82, 2.24) is 9.38 Å². The molecule has 84 valence electrons. The number of aliphatic carboxylic acids is 1. The van der Waals surface area contributed by atoms with E-state index in [1.54, 1.807) is 25.4 Å². The Balaban J connectivity index is 2.54. The molecule has 5 heteroatoms. The van der Waals surface area contributed by atoms with Crippen LogP contribution in [0.5, 0.6) is 5.75 Å².